The zero-order chi connectivity index (χ0) is 18.6. The van der Waals surface area contributed by atoms with Crippen molar-refractivity contribution in [1.82, 2.24) is 10.3 Å². The number of para-hydroxylation sites is 1. The van der Waals surface area contributed by atoms with E-state index in [2.05, 4.69) is 15.3 Å². The van der Waals surface area contributed by atoms with Gasteiger partial charge in [-0.05, 0) is 18.2 Å². The van der Waals surface area contributed by atoms with E-state index < -0.39 is 11.9 Å². The number of hydrogen-bond donors (Lipinski definition) is 2. The Kier molecular flexibility index (Phi) is 5.29. The quantitative estimate of drug-likeness (QED) is 0.646. The smallest absolute Gasteiger partial charge is 0.433 e. The van der Waals surface area contributed by atoms with Crippen LogP contribution >= 0.6 is 0 Å². The molecule has 8 heteroatoms. The number of benzene rings is 1. The van der Waals surface area contributed by atoms with Crippen LogP contribution in [-0.2, 0) is 12.6 Å². The highest BCUT2D eigenvalue weighted by Crippen LogP contribution is 2.31. The Morgan fingerprint density at radius 1 is 1.23 bits per heavy atom. The zero-order valence-electron chi connectivity index (χ0n) is 14.0. The first kappa shape index (κ1) is 18.0. The summed E-state index contributed by atoms with van der Waals surface area (Å²) in [4.78, 5) is 7.81. The molecule has 1 aromatic heterocycles. The van der Waals surface area contributed by atoms with Crippen molar-refractivity contribution in [2.75, 3.05) is 13.2 Å². The maximum absolute atomic E-state index is 12.7. The molecule has 5 nitrogen and oxygen atoms in total. The van der Waals surface area contributed by atoms with Gasteiger partial charge in [-0.3, -0.25) is 4.99 Å². The summed E-state index contributed by atoms with van der Waals surface area (Å²) < 4.78 is 43.6. The van der Waals surface area contributed by atoms with Gasteiger partial charge in [0, 0.05) is 30.6 Å². The molecule has 0 fully saturated rings. The van der Waals surface area contributed by atoms with Crippen LogP contribution in [-0.4, -0.2) is 24.1 Å². The Balaban J connectivity index is 1.58. The molecule has 0 saturated carbocycles. The molecule has 0 spiro atoms. The molecule has 3 rings (SSSR count). The maximum atomic E-state index is 12.7. The summed E-state index contributed by atoms with van der Waals surface area (Å²) in [7, 11) is 0. The third-order valence-electron chi connectivity index (χ3n) is 4.03. The first-order chi connectivity index (χ1) is 12.4. The molecular formula is C18H19F3N4O. The van der Waals surface area contributed by atoms with Crippen molar-refractivity contribution in [3.63, 3.8) is 0 Å². The van der Waals surface area contributed by atoms with E-state index >= 15 is 0 Å². The molecule has 0 bridgehead atoms. The summed E-state index contributed by atoms with van der Waals surface area (Å²) in [5.41, 5.74) is 6.36. The Labute approximate surface area is 149 Å². The van der Waals surface area contributed by atoms with Crippen molar-refractivity contribution in [2.24, 2.45) is 10.7 Å². The normalized spacial score (nSPS) is 17.3. The van der Waals surface area contributed by atoms with Crippen LogP contribution in [0.1, 0.15) is 29.4 Å². The van der Waals surface area contributed by atoms with Crippen molar-refractivity contribution in [2.45, 2.75) is 25.1 Å². The van der Waals surface area contributed by atoms with Crippen molar-refractivity contribution in [1.29, 1.82) is 0 Å². The van der Waals surface area contributed by atoms with Crippen molar-refractivity contribution in [3.8, 4) is 5.75 Å². The Morgan fingerprint density at radius 2 is 2.04 bits per heavy atom. The van der Waals surface area contributed by atoms with Crippen LogP contribution in [0.2, 0.25) is 0 Å². The van der Waals surface area contributed by atoms with E-state index in [4.69, 9.17) is 10.5 Å². The summed E-state index contributed by atoms with van der Waals surface area (Å²) in [5, 5.41) is 3.14. The number of halogens is 3. The lowest BCUT2D eigenvalue weighted by Crippen LogP contribution is -2.37. The second-order valence-corrected chi connectivity index (χ2v) is 5.90. The number of aromatic nitrogens is 1. The molecule has 2 aromatic rings. The number of rotatable bonds is 4. The number of fused-ring (bicyclic) bond motifs is 1. The maximum Gasteiger partial charge on any atom is 0.433 e. The molecule has 1 aromatic carbocycles. The van der Waals surface area contributed by atoms with Crippen LogP contribution in [0.3, 0.4) is 0 Å². The van der Waals surface area contributed by atoms with Gasteiger partial charge in [0.1, 0.15) is 11.4 Å². The number of pyridine rings is 1. The monoisotopic (exact) mass is 364 g/mol. The van der Waals surface area contributed by atoms with Gasteiger partial charge in [-0.1, -0.05) is 24.3 Å². The van der Waals surface area contributed by atoms with Crippen LogP contribution in [0.4, 0.5) is 13.2 Å². The summed E-state index contributed by atoms with van der Waals surface area (Å²) >= 11 is 0. The molecule has 0 radical (unpaired) electrons. The van der Waals surface area contributed by atoms with Gasteiger partial charge in [0.15, 0.2) is 5.96 Å². The van der Waals surface area contributed by atoms with Gasteiger partial charge in [-0.15, -0.1) is 0 Å². The molecule has 138 valence electrons. The lowest BCUT2D eigenvalue weighted by molar-refractivity contribution is -0.141. The zero-order valence-corrected chi connectivity index (χ0v) is 14.0. The predicted octanol–water partition coefficient (Wildman–Crippen LogP) is 3.07. The molecule has 3 N–H and O–H groups in total. The highest BCUT2D eigenvalue weighted by Gasteiger charge is 2.32. The van der Waals surface area contributed by atoms with E-state index in [1.165, 1.54) is 6.07 Å². The van der Waals surface area contributed by atoms with Crippen LogP contribution in [0.5, 0.6) is 5.75 Å². The molecule has 1 unspecified atom stereocenters. The van der Waals surface area contributed by atoms with E-state index in [9.17, 15) is 13.2 Å². The number of nitrogens with one attached hydrogen (secondary N) is 1. The number of nitrogens with zero attached hydrogens (tertiary/aromatic N) is 2. The van der Waals surface area contributed by atoms with E-state index in [0.717, 1.165) is 23.8 Å². The summed E-state index contributed by atoms with van der Waals surface area (Å²) in [6.45, 7) is 0.828. The van der Waals surface area contributed by atoms with Crippen molar-refractivity contribution in [3.05, 3.63) is 59.4 Å². The SMILES string of the molecule is NC(=NCCc1cccc(C(F)(F)F)n1)NC1CCOc2ccccc21. The van der Waals surface area contributed by atoms with Gasteiger partial charge in [-0.2, -0.15) is 13.2 Å². The van der Waals surface area contributed by atoms with Gasteiger partial charge < -0.3 is 15.8 Å². The minimum atomic E-state index is -4.45. The first-order valence-electron chi connectivity index (χ1n) is 8.25. The molecule has 0 amide bonds. The molecule has 0 saturated heterocycles. The van der Waals surface area contributed by atoms with Crippen molar-refractivity contribution >= 4 is 5.96 Å². The van der Waals surface area contributed by atoms with Gasteiger partial charge in [-0.25, -0.2) is 4.98 Å². The first-order valence-corrected chi connectivity index (χ1v) is 8.25. The lowest BCUT2D eigenvalue weighted by Gasteiger charge is -2.26. The van der Waals surface area contributed by atoms with E-state index in [1.54, 1.807) is 6.07 Å². The van der Waals surface area contributed by atoms with E-state index in [1.807, 2.05) is 24.3 Å². The van der Waals surface area contributed by atoms with Crippen LogP contribution in [0.25, 0.3) is 0 Å². The van der Waals surface area contributed by atoms with Gasteiger partial charge in [0.05, 0.1) is 12.6 Å². The summed E-state index contributed by atoms with van der Waals surface area (Å²) in [6, 6.07) is 11.5. The average molecular weight is 364 g/mol. The number of ether oxygens (including phenoxy) is 1. The summed E-state index contributed by atoms with van der Waals surface area (Å²) in [6.07, 6.45) is -3.42. The molecule has 1 aliphatic heterocycles. The second kappa shape index (κ2) is 7.63. The Morgan fingerprint density at radius 3 is 2.85 bits per heavy atom. The Bertz CT molecular complexity index is 792. The third-order valence-corrected chi connectivity index (χ3v) is 4.03. The largest absolute Gasteiger partial charge is 0.493 e. The molecule has 26 heavy (non-hydrogen) atoms. The summed E-state index contributed by atoms with van der Waals surface area (Å²) in [5.74, 6) is 1.07. The third kappa shape index (κ3) is 4.44. The fraction of sp³-hybridized carbons (Fsp3) is 0.333. The van der Waals surface area contributed by atoms with Crippen molar-refractivity contribution < 1.29 is 17.9 Å². The second-order valence-electron chi connectivity index (χ2n) is 5.90. The fourth-order valence-corrected chi connectivity index (χ4v) is 2.78. The van der Waals surface area contributed by atoms with E-state index in [-0.39, 0.29) is 25.0 Å². The van der Waals surface area contributed by atoms with Crippen LogP contribution < -0.4 is 15.8 Å². The van der Waals surface area contributed by atoms with Crippen LogP contribution in [0, 0.1) is 0 Å². The topological polar surface area (TPSA) is 72.5 Å². The number of alkyl halides is 3. The van der Waals surface area contributed by atoms with Crippen LogP contribution in [0.15, 0.2) is 47.5 Å². The number of hydrogen-bond acceptors (Lipinski definition) is 3. The number of nitrogens with two attached hydrogens (primary N) is 1. The molecular weight excluding hydrogens is 345 g/mol. The van der Waals surface area contributed by atoms with Gasteiger partial charge in [0.25, 0.3) is 0 Å². The highest BCUT2D eigenvalue weighted by atomic mass is 19.4. The average Bonchev–Trinajstić information content (AvgIpc) is 2.62. The molecule has 0 aliphatic carbocycles. The van der Waals surface area contributed by atoms with Gasteiger partial charge in [0.2, 0.25) is 0 Å². The standard InChI is InChI=1S/C18H19F3N4O/c19-18(20,21)16-7-3-4-12(24-16)8-10-23-17(22)25-14-9-11-26-15-6-2-1-5-13(14)15/h1-7,14H,8-11H2,(H3,22,23,25). The minimum Gasteiger partial charge on any atom is -0.493 e. The fourth-order valence-electron chi connectivity index (χ4n) is 2.78. The molecule has 1 atom stereocenters. The lowest BCUT2D eigenvalue weighted by atomic mass is 10.0. The number of aliphatic imine (C=N–C) groups is 1. The molecule has 2 heterocycles. The Hall–Kier alpha value is -2.77. The van der Waals surface area contributed by atoms with E-state index in [0.29, 0.717) is 12.3 Å². The minimum absolute atomic E-state index is 0.00428. The predicted molar refractivity (Wildman–Crippen MR) is 91.9 cm³/mol. The van der Waals surface area contributed by atoms with Gasteiger partial charge >= 0.3 is 6.18 Å². The highest BCUT2D eigenvalue weighted by molar-refractivity contribution is 5.78. The number of guanidine groups is 1. The molecule has 1 aliphatic rings.